The first-order valence-electron chi connectivity index (χ1n) is 6.10. The lowest BCUT2D eigenvalue weighted by atomic mass is 10.2. The number of halogens is 2. The number of urea groups is 1. The summed E-state index contributed by atoms with van der Waals surface area (Å²) in [5.41, 5.74) is 2.50. The summed E-state index contributed by atoms with van der Waals surface area (Å²) in [6, 6.07) is 12.4. The van der Waals surface area contributed by atoms with E-state index in [2.05, 4.69) is 10.6 Å². The fourth-order valence-electron chi connectivity index (χ4n) is 1.71. The van der Waals surface area contributed by atoms with Crippen LogP contribution in [0.2, 0.25) is 10.0 Å². The standard InChI is InChI=1S/C15H14Cl2N2O/c1-10-6-7-12(16)8-14(10)19-15(20)18-9-11-4-2-3-5-13(11)17/h2-8H,9H2,1H3,(H2,18,19,20). The second kappa shape index (κ2) is 6.64. The van der Waals surface area contributed by atoms with Crippen LogP contribution < -0.4 is 10.6 Å². The largest absolute Gasteiger partial charge is 0.334 e. The monoisotopic (exact) mass is 308 g/mol. The van der Waals surface area contributed by atoms with Crippen molar-refractivity contribution in [2.24, 2.45) is 0 Å². The minimum absolute atomic E-state index is 0.296. The highest BCUT2D eigenvalue weighted by Crippen LogP contribution is 2.20. The maximum Gasteiger partial charge on any atom is 0.319 e. The molecule has 0 atom stereocenters. The predicted octanol–water partition coefficient (Wildman–Crippen LogP) is 4.62. The molecule has 104 valence electrons. The molecule has 0 unspecified atom stereocenters. The molecule has 0 spiro atoms. The summed E-state index contributed by atoms with van der Waals surface area (Å²) in [5, 5.41) is 6.73. The number of carbonyl (C=O) groups is 1. The molecule has 0 heterocycles. The molecule has 20 heavy (non-hydrogen) atoms. The Morgan fingerprint density at radius 3 is 2.65 bits per heavy atom. The predicted molar refractivity (Wildman–Crippen MR) is 83.5 cm³/mol. The van der Waals surface area contributed by atoms with Gasteiger partial charge in [-0.2, -0.15) is 0 Å². The molecule has 0 aromatic heterocycles. The SMILES string of the molecule is Cc1ccc(Cl)cc1NC(=O)NCc1ccccc1Cl. The lowest BCUT2D eigenvalue weighted by Gasteiger charge is -2.11. The quantitative estimate of drug-likeness (QED) is 0.853. The van der Waals surface area contributed by atoms with Crippen molar-refractivity contribution >= 4 is 34.9 Å². The first-order chi connectivity index (χ1) is 9.56. The van der Waals surface area contributed by atoms with Gasteiger partial charge in [0.05, 0.1) is 0 Å². The van der Waals surface area contributed by atoms with Gasteiger partial charge in [0, 0.05) is 22.3 Å². The highest BCUT2D eigenvalue weighted by Gasteiger charge is 2.06. The average Bonchev–Trinajstić information content (AvgIpc) is 2.42. The number of hydrogen-bond donors (Lipinski definition) is 2. The molecule has 3 nitrogen and oxygen atoms in total. The van der Waals surface area contributed by atoms with Crippen LogP contribution in [0, 0.1) is 6.92 Å². The van der Waals surface area contributed by atoms with E-state index in [1.807, 2.05) is 31.2 Å². The number of benzene rings is 2. The summed E-state index contributed by atoms with van der Waals surface area (Å²) in [5.74, 6) is 0. The molecule has 2 rings (SSSR count). The van der Waals surface area contributed by atoms with Gasteiger partial charge in [-0.25, -0.2) is 4.79 Å². The molecule has 0 radical (unpaired) electrons. The highest BCUT2D eigenvalue weighted by molar-refractivity contribution is 6.31. The Kier molecular flexibility index (Phi) is 4.88. The average molecular weight is 309 g/mol. The van der Waals surface area contributed by atoms with E-state index in [1.165, 1.54) is 0 Å². The lowest BCUT2D eigenvalue weighted by Crippen LogP contribution is -2.28. The van der Waals surface area contributed by atoms with E-state index in [-0.39, 0.29) is 6.03 Å². The first-order valence-corrected chi connectivity index (χ1v) is 6.86. The summed E-state index contributed by atoms with van der Waals surface area (Å²) >= 11 is 11.9. The van der Waals surface area contributed by atoms with E-state index in [1.54, 1.807) is 18.2 Å². The Morgan fingerprint density at radius 1 is 1.15 bits per heavy atom. The third-order valence-corrected chi connectivity index (χ3v) is 3.45. The summed E-state index contributed by atoms with van der Waals surface area (Å²) < 4.78 is 0. The number of amides is 2. The minimum atomic E-state index is -0.296. The van der Waals surface area contributed by atoms with E-state index < -0.39 is 0 Å². The molecule has 2 aromatic rings. The topological polar surface area (TPSA) is 41.1 Å². The van der Waals surface area contributed by atoms with Crippen molar-refractivity contribution in [2.75, 3.05) is 5.32 Å². The molecule has 5 heteroatoms. The van der Waals surface area contributed by atoms with E-state index in [0.717, 1.165) is 11.1 Å². The Bertz CT molecular complexity index is 629. The zero-order valence-electron chi connectivity index (χ0n) is 10.9. The van der Waals surface area contributed by atoms with Crippen LogP contribution in [0.4, 0.5) is 10.5 Å². The molecule has 0 saturated heterocycles. The Morgan fingerprint density at radius 2 is 1.90 bits per heavy atom. The molecule has 2 aromatic carbocycles. The van der Waals surface area contributed by atoms with Crippen LogP contribution in [0.5, 0.6) is 0 Å². The van der Waals surface area contributed by atoms with Gasteiger partial charge < -0.3 is 10.6 Å². The normalized spacial score (nSPS) is 10.2. The van der Waals surface area contributed by atoms with Crippen molar-refractivity contribution in [3.05, 3.63) is 63.6 Å². The van der Waals surface area contributed by atoms with Gasteiger partial charge in [0.2, 0.25) is 0 Å². The molecule has 2 N–H and O–H groups in total. The van der Waals surface area contributed by atoms with Crippen molar-refractivity contribution in [1.29, 1.82) is 0 Å². The molecule has 0 aliphatic heterocycles. The van der Waals surface area contributed by atoms with Crippen LogP contribution in [-0.4, -0.2) is 6.03 Å². The number of rotatable bonds is 3. The lowest BCUT2D eigenvalue weighted by molar-refractivity contribution is 0.251. The van der Waals surface area contributed by atoms with Gasteiger partial charge in [-0.05, 0) is 36.2 Å². The Labute approximate surface area is 127 Å². The Hall–Kier alpha value is -1.71. The molecule has 2 amide bonds. The molecule has 0 bridgehead atoms. The fraction of sp³-hybridized carbons (Fsp3) is 0.133. The molecular weight excluding hydrogens is 295 g/mol. The van der Waals surface area contributed by atoms with Gasteiger partial charge in [-0.3, -0.25) is 0 Å². The van der Waals surface area contributed by atoms with Crippen molar-refractivity contribution < 1.29 is 4.79 Å². The van der Waals surface area contributed by atoms with Crippen LogP contribution in [0.25, 0.3) is 0 Å². The molecule has 0 aliphatic carbocycles. The third-order valence-electron chi connectivity index (χ3n) is 2.85. The Balaban J connectivity index is 1.96. The van der Waals surface area contributed by atoms with Crippen LogP contribution in [0.3, 0.4) is 0 Å². The van der Waals surface area contributed by atoms with Crippen molar-refractivity contribution in [2.45, 2.75) is 13.5 Å². The summed E-state index contributed by atoms with van der Waals surface area (Å²) in [7, 11) is 0. The first kappa shape index (κ1) is 14.7. The number of carbonyl (C=O) groups excluding carboxylic acids is 1. The van der Waals surface area contributed by atoms with E-state index in [9.17, 15) is 4.79 Å². The summed E-state index contributed by atoms with van der Waals surface area (Å²) in [4.78, 5) is 11.9. The zero-order valence-corrected chi connectivity index (χ0v) is 12.4. The smallest absolute Gasteiger partial charge is 0.319 e. The van der Waals surface area contributed by atoms with Crippen molar-refractivity contribution in [3.63, 3.8) is 0 Å². The minimum Gasteiger partial charge on any atom is -0.334 e. The maximum absolute atomic E-state index is 11.9. The molecule has 0 saturated carbocycles. The van der Waals surface area contributed by atoms with Crippen LogP contribution >= 0.6 is 23.2 Å². The van der Waals surface area contributed by atoms with Crippen molar-refractivity contribution in [1.82, 2.24) is 5.32 Å². The van der Waals surface area contributed by atoms with Gasteiger partial charge in [-0.15, -0.1) is 0 Å². The maximum atomic E-state index is 11.9. The molecule has 0 aliphatic rings. The van der Waals surface area contributed by atoms with Gasteiger partial charge in [0.25, 0.3) is 0 Å². The number of hydrogen-bond acceptors (Lipinski definition) is 1. The summed E-state index contributed by atoms with van der Waals surface area (Å²) in [6.07, 6.45) is 0. The second-order valence-corrected chi connectivity index (χ2v) is 5.20. The number of aryl methyl sites for hydroxylation is 1. The van der Waals surface area contributed by atoms with Crippen molar-refractivity contribution in [3.8, 4) is 0 Å². The van der Waals surface area contributed by atoms with E-state index >= 15 is 0 Å². The van der Waals surface area contributed by atoms with E-state index in [4.69, 9.17) is 23.2 Å². The van der Waals surface area contributed by atoms with Crippen LogP contribution in [0.15, 0.2) is 42.5 Å². The van der Waals surface area contributed by atoms with E-state index in [0.29, 0.717) is 22.3 Å². The van der Waals surface area contributed by atoms with Crippen LogP contribution in [0.1, 0.15) is 11.1 Å². The zero-order chi connectivity index (χ0) is 14.5. The highest BCUT2D eigenvalue weighted by atomic mass is 35.5. The molecular formula is C15H14Cl2N2O. The van der Waals surface area contributed by atoms with Gasteiger partial charge in [0.1, 0.15) is 0 Å². The fourth-order valence-corrected chi connectivity index (χ4v) is 2.09. The second-order valence-electron chi connectivity index (χ2n) is 4.36. The van der Waals surface area contributed by atoms with Gasteiger partial charge in [0.15, 0.2) is 0 Å². The molecule has 0 fully saturated rings. The summed E-state index contributed by atoms with van der Waals surface area (Å²) in [6.45, 7) is 2.27. The number of anilines is 1. The third kappa shape index (κ3) is 3.89. The number of nitrogens with one attached hydrogen (secondary N) is 2. The van der Waals surface area contributed by atoms with Gasteiger partial charge >= 0.3 is 6.03 Å². The van der Waals surface area contributed by atoms with Gasteiger partial charge in [-0.1, -0.05) is 47.5 Å². The van der Waals surface area contributed by atoms with Crippen LogP contribution in [-0.2, 0) is 6.54 Å².